The smallest absolute Gasteiger partial charge is 0.240 e. The van der Waals surface area contributed by atoms with Gasteiger partial charge < -0.3 is 4.74 Å². The Bertz CT molecular complexity index is 955. The highest BCUT2D eigenvalue weighted by Gasteiger charge is 2.14. The molecule has 7 nitrogen and oxygen atoms in total. The lowest BCUT2D eigenvalue weighted by Crippen LogP contribution is -2.26. The van der Waals surface area contributed by atoms with Crippen LogP contribution in [0.15, 0.2) is 59.5 Å². The number of nitrogens with zero attached hydrogens (tertiary/aromatic N) is 2. The topological polar surface area (TPSA) is 97.0 Å². The van der Waals surface area contributed by atoms with E-state index in [1.165, 1.54) is 19.2 Å². The Balaban J connectivity index is 1.56. The molecule has 0 saturated carbocycles. The van der Waals surface area contributed by atoms with Gasteiger partial charge >= 0.3 is 0 Å². The first-order chi connectivity index (χ1) is 12.6. The molecule has 0 spiro atoms. The minimum atomic E-state index is -3.60. The van der Waals surface area contributed by atoms with Gasteiger partial charge in [-0.2, -0.15) is 5.10 Å². The van der Waals surface area contributed by atoms with Crippen LogP contribution in [0.3, 0.4) is 0 Å². The van der Waals surface area contributed by atoms with Crippen LogP contribution < -0.4 is 9.46 Å². The molecule has 0 aliphatic heterocycles. The summed E-state index contributed by atoms with van der Waals surface area (Å²) in [6.45, 7) is 0.210. The van der Waals surface area contributed by atoms with Crippen molar-refractivity contribution < 1.29 is 13.2 Å². The fourth-order valence-corrected chi connectivity index (χ4v) is 3.53. The third-order valence-corrected chi connectivity index (χ3v) is 5.24. The van der Waals surface area contributed by atoms with E-state index in [1.807, 2.05) is 30.3 Å². The van der Waals surface area contributed by atoms with Crippen LogP contribution in [0, 0.1) is 0 Å². The third-order valence-electron chi connectivity index (χ3n) is 3.78. The van der Waals surface area contributed by atoms with Crippen molar-refractivity contribution in [2.45, 2.75) is 17.7 Å². The Morgan fingerprint density at radius 2 is 1.92 bits per heavy atom. The van der Waals surface area contributed by atoms with Gasteiger partial charge in [-0.25, -0.2) is 18.1 Å². The SMILES string of the molecule is COc1cccc(S(=O)(=O)NCCc2n[nH]c(Cc3ccccc3)n2)c1. The van der Waals surface area contributed by atoms with Gasteiger partial charge in [0.2, 0.25) is 10.0 Å². The highest BCUT2D eigenvalue weighted by molar-refractivity contribution is 7.89. The number of benzene rings is 2. The monoisotopic (exact) mass is 372 g/mol. The second-order valence-corrected chi connectivity index (χ2v) is 7.45. The molecule has 0 bridgehead atoms. The number of hydrogen-bond donors (Lipinski definition) is 2. The molecule has 0 unspecified atom stereocenters. The second-order valence-electron chi connectivity index (χ2n) is 5.69. The summed E-state index contributed by atoms with van der Waals surface area (Å²) in [5.41, 5.74) is 1.13. The Morgan fingerprint density at radius 1 is 1.12 bits per heavy atom. The molecule has 136 valence electrons. The molecule has 0 aliphatic carbocycles. The third kappa shape index (κ3) is 4.68. The summed E-state index contributed by atoms with van der Waals surface area (Å²) in [5.74, 6) is 1.82. The van der Waals surface area contributed by atoms with Crippen LogP contribution in [0.25, 0.3) is 0 Å². The average molecular weight is 372 g/mol. The number of aromatic nitrogens is 3. The predicted molar refractivity (Wildman–Crippen MR) is 97.5 cm³/mol. The number of sulfonamides is 1. The number of ether oxygens (including phenoxy) is 1. The van der Waals surface area contributed by atoms with Crippen molar-refractivity contribution in [1.29, 1.82) is 0 Å². The van der Waals surface area contributed by atoms with Gasteiger partial charge in [-0.15, -0.1) is 0 Å². The number of aromatic amines is 1. The van der Waals surface area contributed by atoms with Crippen molar-refractivity contribution in [2.75, 3.05) is 13.7 Å². The largest absolute Gasteiger partial charge is 0.497 e. The quantitative estimate of drug-likeness (QED) is 0.630. The van der Waals surface area contributed by atoms with Gasteiger partial charge in [-0.3, -0.25) is 5.10 Å². The minimum Gasteiger partial charge on any atom is -0.497 e. The zero-order valence-corrected chi connectivity index (χ0v) is 15.2. The maximum Gasteiger partial charge on any atom is 0.240 e. The van der Waals surface area contributed by atoms with Crippen LogP contribution >= 0.6 is 0 Å². The van der Waals surface area contributed by atoms with Crippen LogP contribution in [-0.2, 0) is 22.9 Å². The van der Waals surface area contributed by atoms with E-state index in [2.05, 4.69) is 19.9 Å². The summed E-state index contributed by atoms with van der Waals surface area (Å²) in [6.07, 6.45) is 1.05. The summed E-state index contributed by atoms with van der Waals surface area (Å²) in [7, 11) is -2.11. The highest BCUT2D eigenvalue weighted by atomic mass is 32.2. The van der Waals surface area contributed by atoms with Crippen LogP contribution in [0.1, 0.15) is 17.2 Å². The van der Waals surface area contributed by atoms with E-state index in [4.69, 9.17) is 4.74 Å². The normalized spacial score (nSPS) is 11.4. The van der Waals surface area contributed by atoms with E-state index < -0.39 is 10.0 Å². The minimum absolute atomic E-state index is 0.164. The standard InChI is InChI=1S/C18H20N4O3S/c1-25-15-8-5-9-16(13-15)26(23,24)19-11-10-17-20-18(22-21-17)12-14-6-3-2-4-7-14/h2-9,13,19H,10-12H2,1H3,(H,20,21,22). The fraction of sp³-hybridized carbons (Fsp3) is 0.222. The van der Waals surface area contributed by atoms with Gasteiger partial charge in [0.1, 0.15) is 11.6 Å². The number of methoxy groups -OCH3 is 1. The van der Waals surface area contributed by atoms with Gasteiger partial charge in [0.05, 0.1) is 12.0 Å². The number of rotatable bonds is 8. The Morgan fingerprint density at radius 3 is 2.69 bits per heavy atom. The first-order valence-electron chi connectivity index (χ1n) is 8.14. The molecular formula is C18H20N4O3S. The first kappa shape index (κ1) is 18.1. The summed E-state index contributed by atoms with van der Waals surface area (Å²) in [4.78, 5) is 4.57. The predicted octanol–water partition coefficient (Wildman–Crippen LogP) is 1.93. The van der Waals surface area contributed by atoms with Crippen molar-refractivity contribution in [3.8, 4) is 5.75 Å². The fourth-order valence-electron chi connectivity index (χ4n) is 2.46. The van der Waals surface area contributed by atoms with Crippen molar-refractivity contribution in [3.05, 3.63) is 71.8 Å². The Hall–Kier alpha value is -2.71. The van der Waals surface area contributed by atoms with Crippen LogP contribution in [0.5, 0.6) is 5.75 Å². The molecule has 2 N–H and O–H groups in total. The van der Waals surface area contributed by atoms with Crippen molar-refractivity contribution in [1.82, 2.24) is 19.9 Å². The lowest BCUT2D eigenvalue weighted by molar-refractivity contribution is 0.413. The molecule has 0 amide bonds. The maximum absolute atomic E-state index is 12.3. The summed E-state index contributed by atoms with van der Waals surface area (Å²) >= 11 is 0. The Kier molecular flexibility index (Phi) is 5.65. The van der Waals surface area contributed by atoms with Crippen LogP contribution in [0.2, 0.25) is 0 Å². The summed E-state index contributed by atoms with van der Waals surface area (Å²) in [6, 6.07) is 16.3. The molecule has 8 heteroatoms. The van der Waals surface area contributed by atoms with Gasteiger partial charge in [-0.1, -0.05) is 36.4 Å². The molecule has 0 aliphatic rings. The molecule has 0 fully saturated rings. The number of nitrogens with one attached hydrogen (secondary N) is 2. The molecule has 0 atom stereocenters. The average Bonchev–Trinajstić information content (AvgIpc) is 3.09. The van der Waals surface area contributed by atoms with E-state index >= 15 is 0 Å². The van der Waals surface area contributed by atoms with E-state index in [9.17, 15) is 8.42 Å². The molecule has 0 radical (unpaired) electrons. The van der Waals surface area contributed by atoms with Gasteiger partial charge in [0, 0.05) is 25.5 Å². The summed E-state index contributed by atoms with van der Waals surface area (Å²) in [5, 5.41) is 7.03. The Labute approximate surface area is 152 Å². The number of hydrogen-bond acceptors (Lipinski definition) is 5. The van der Waals surface area contributed by atoms with Gasteiger partial charge in [-0.05, 0) is 17.7 Å². The first-order valence-corrected chi connectivity index (χ1v) is 9.63. The van der Waals surface area contributed by atoms with Crippen molar-refractivity contribution >= 4 is 10.0 Å². The van der Waals surface area contributed by atoms with Gasteiger partial charge in [0.25, 0.3) is 0 Å². The molecule has 1 heterocycles. The molecule has 3 aromatic rings. The van der Waals surface area contributed by atoms with E-state index in [1.54, 1.807) is 12.1 Å². The van der Waals surface area contributed by atoms with Gasteiger partial charge in [0.15, 0.2) is 5.82 Å². The second kappa shape index (κ2) is 8.11. The number of H-pyrrole nitrogens is 1. The summed E-state index contributed by atoms with van der Waals surface area (Å²) < 4.78 is 32.3. The molecule has 3 rings (SSSR count). The van der Waals surface area contributed by atoms with Crippen LogP contribution in [0.4, 0.5) is 0 Å². The zero-order chi connectivity index (χ0) is 18.4. The highest BCUT2D eigenvalue weighted by Crippen LogP contribution is 2.16. The zero-order valence-electron chi connectivity index (χ0n) is 14.3. The van der Waals surface area contributed by atoms with E-state index in [0.717, 1.165) is 11.4 Å². The van der Waals surface area contributed by atoms with Crippen LogP contribution in [-0.4, -0.2) is 37.3 Å². The van der Waals surface area contributed by atoms with Crippen molar-refractivity contribution in [2.24, 2.45) is 0 Å². The van der Waals surface area contributed by atoms with E-state index in [0.29, 0.717) is 24.4 Å². The van der Waals surface area contributed by atoms with Crippen molar-refractivity contribution in [3.63, 3.8) is 0 Å². The molecule has 26 heavy (non-hydrogen) atoms. The molecule has 2 aromatic carbocycles. The maximum atomic E-state index is 12.3. The van der Waals surface area contributed by atoms with E-state index in [-0.39, 0.29) is 11.4 Å². The molecule has 0 saturated heterocycles. The lowest BCUT2D eigenvalue weighted by Gasteiger charge is -2.07. The molecule has 1 aromatic heterocycles. The lowest BCUT2D eigenvalue weighted by atomic mass is 10.1. The molecular weight excluding hydrogens is 352 g/mol.